The number of nitrogens with one attached hydrogen (secondary N) is 1. The summed E-state index contributed by atoms with van der Waals surface area (Å²) in [5, 5.41) is 2.78. The summed E-state index contributed by atoms with van der Waals surface area (Å²) < 4.78 is 0. The highest BCUT2D eigenvalue weighted by Crippen LogP contribution is 2.32. The van der Waals surface area contributed by atoms with Crippen molar-refractivity contribution < 1.29 is 9.59 Å². The Morgan fingerprint density at radius 1 is 1.06 bits per heavy atom. The SMILES string of the molecule is CC(C)c1ccc(C2CC(=O)c3cnc(NC(=O)CCc4ccccc4)nc3C2)cc1. The van der Waals surface area contributed by atoms with Gasteiger partial charge in [-0.25, -0.2) is 9.97 Å². The number of hydrogen-bond donors (Lipinski definition) is 1. The third kappa shape index (κ3) is 5.05. The molecule has 0 bridgehead atoms. The minimum atomic E-state index is -0.133. The molecule has 1 atom stereocenters. The third-order valence-electron chi connectivity index (χ3n) is 5.85. The number of benzene rings is 2. The van der Waals surface area contributed by atoms with Crippen LogP contribution in [0, 0.1) is 0 Å². The zero-order valence-corrected chi connectivity index (χ0v) is 18.0. The lowest BCUT2D eigenvalue weighted by Crippen LogP contribution is -2.22. The van der Waals surface area contributed by atoms with E-state index in [0.717, 1.165) is 11.1 Å². The van der Waals surface area contributed by atoms with Crippen LogP contribution in [0.2, 0.25) is 0 Å². The van der Waals surface area contributed by atoms with E-state index in [1.165, 1.54) is 5.56 Å². The largest absolute Gasteiger partial charge is 0.295 e. The summed E-state index contributed by atoms with van der Waals surface area (Å²) in [7, 11) is 0. The van der Waals surface area contributed by atoms with Crippen LogP contribution in [-0.4, -0.2) is 21.7 Å². The summed E-state index contributed by atoms with van der Waals surface area (Å²) in [6.45, 7) is 4.34. The lowest BCUT2D eigenvalue weighted by atomic mass is 9.81. The minimum Gasteiger partial charge on any atom is -0.295 e. The number of hydrogen-bond acceptors (Lipinski definition) is 4. The van der Waals surface area contributed by atoms with Gasteiger partial charge in [-0.1, -0.05) is 68.4 Å². The average molecular weight is 414 g/mol. The number of nitrogens with zero attached hydrogens (tertiary/aromatic N) is 2. The van der Waals surface area contributed by atoms with Crippen molar-refractivity contribution in [2.24, 2.45) is 0 Å². The molecule has 0 saturated heterocycles. The molecule has 1 amide bonds. The molecule has 1 unspecified atom stereocenters. The predicted molar refractivity (Wildman–Crippen MR) is 121 cm³/mol. The lowest BCUT2D eigenvalue weighted by molar-refractivity contribution is -0.116. The zero-order chi connectivity index (χ0) is 21.8. The molecule has 1 aromatic heterocycles. The molecule has 1 aliphatic rings. The van der Waals surface area contributed by atoms with Gasteiger partial charge in [-0.05, 0) is 41.4 Å². The first kappa shape index (κ1) is 20.9. The molecule has 0 radical (unpaired) electrons. The molecule has 1 aliphatic carbocycles. The molecule has 0 aliphatic heterocycles. The van der Waals surface area contributed by atoms with Gasteiger partial charge in [0.1, 0.15) is 0 Å². The highest BCUT2D eigenvalue weighted by molar-refractivity contribution is 5.98. The van der Waals surface area contributed by atoms with Crippen molar-refractivity contribution >= 4 is 17.6 Å². The molecule has 4 rings (SSSR count). The minimum absolute atomic E-state index is 0.0566. The van der Waals surface area contributed by atoms with Crippen molar-refractivity contribution in [3.8, 4) is 0 Å². The maximum atomic E-state index is 12.7. The Morgan fingerprint density at radius 3 is 2.52 bits per heavy atom. The molecule has 31 heavy (non-hydrogen) atoms. The van der Waals surface area contributed by atoms with E-state index >= 15 is 0 Å². The van der Waals surface area contributed by atoms with Gasteiger partial charge in [-0.2, -0.15) is 0 Å². The van der Waals surface area contributed by atoms with Gasteiger partial charge >= 0.3 is 0 Å². The second-order valence-corrected chi connectivity index (χ2v) is 8.44. The zero-order valence-electron chi connectivity index (χ0n) is 18.0. The highest BCUT2D eigenvalue weighted by Gasteiger charge is 2.28. The summed E-state index contributed by atoms with van der Waals surface area (Å²) in [5.74, 6) is 0.759. The van der Waals surface area contributed by atoms with Crippen LogP contribution in [0.25, 0.3) is 0 Å². The van der Waals surface area contributed by atoms with Crippen molar-refractivity contribution in [3.63, 3.8) is 0 Å². The van der Waals surface area contributed by atoms with Crippen LogP contribution in [0.15, 0.2) is 60.8 Å². The van der Waals surface area contributed by atoms with Crippen molar-refractivity contribution in [3.05, 3.63) is 88.7 Å². The molecule has 158 valence electrons. The quantitative estimate of drug-likeness (QED) is 0.611. The van der Waals surface area contributed by atoms with E-state index < -0.39 is 0 Å². The molecular weight excluding hydrogens is 386 g/mol. The van der Waals surface area contributed by atoms with E-state index in [-0.39, 0.29) is 23.6 Å². The Kier molecular flexibility index (Phi) is 6.21. The predicted octanol–water partition coefficient (Wildman–Crippen LogP) is 5.08. The number of rotatable bonds is 6. The van der Waals surface area contributed by atoms with E-state index in [1.807, 2.05) is 30.3 Å². The molecule has 0 fully saturated rings. The molecule has 2 aromatic carbocycles. The van der Waals surface area contributed by atoms with Crippen molar-refractivity contribution in [1.82, 2.24) is 9.97 Å². The van der Waals surface area contributed by atoms with Crippen molar-refractivity contribution in [2.45, 2.75) is 51.4 Å². The van der Waals surface area contributed by atoms with Gasteiger partial charge < -0.3 is 0 Å². The molecular formula is C26H27N3O2. The van der Waals surface area contributed by atoms with Gasteiger partial charge in [-0.15, -0.1) is 0 Å². The molecule has 0 saturated carbocycles. The maximum absolute atomic E-state index is 12.7. The Balaban J connectivity index is 1.44. The monoisotopic (exact) mass is 413 g/mol. The van der Waals surface area contributed by atoms with E-state index in [1.54, 1.807) is 6.20 Å². The summed E-state index contributed by atoms with van der Waals surface area (Å²) in [6, 6.07) is 18.4. The van der Waals surface area contributed by atoms with Crippen LogP contribution >= 0.6 is 0 Å². The van der Waals surface area contributed by atoms with E-state index in [4.69, 9.17) is 0 Å². The Hall–Kier alpha value is -3.34. The smallest absolute Gasteiger partial charge is 0.229 e. The topological polar surface area (TPSA) is 72.0 Å². The van der Waals surface area contributed by atoms with Gasteiger partial charge in [0.05, 0.1) is 11.3 Å². The van der Waals surface area contributed by atoms with E-state index in [9.17, 15) is 9.59 Å². The summed E-state index contributed by atoms with van der Waals surface area (Å²) >= 11 is 0. The van der Waals surface area contributed by atoms with Gasteiger partial charge in [0.15, 0.2) is 5.78 Å². The Bertz CT molecular complexity index is 1080. The molecule has 1 N–H and O–H groups in total. The van der Waals surface area contributed by atoms with Gasteiger partial charge in [0, 0.05) is 19.0 Å². The van der Waals surface area contributed by atoms with Crippen LogP contribution in [0.3, 0.4) is 0 Å². The van der Waals surface area contributed by atoms with Crippen LogP contribution in [0.4, 0.5) is 5.95 Å². The van der Waals surface area contributed by atoms with Gasteiger partial charge in [0.25, 0.3) is 0 Å². The molecule has 0 spiro atoms. The second kappa shape index (κ2) is 9.21. The van der Waals surface area contributed by atoms with Crippen LogP contribution < -0.4 is 5.32 Å². The second-order valence-electron chi connectivity index (χ2n) is 8.44. The maximum Gasteiger partial charge on any atom is 0.229 e. The van der Waals surface area contributed by atoms with Gasteiger partial charge in [0.2, 0.25) is 11.9 Å². The Morgan fingerprint density at radius 2 is 1.81 bits per heavy atom. The fourth-order valence-electron chi connectivity index (χ4n) is 3.98. The lowest BCUT2D eigenvalue weighted by Gasteiger charge is -2.23. The first-order chi connectivity index (χ1) is 15.0. The fourth-order valence-corrected chi connectivity index (χ4v) is 3.98. The van der Waals surface area contributed by atoms with Gasteiger partial charge in [-0.3, -0.25) is 14.9 Å². The van der Waals surface area contributed by atoms with Crippen molar-refractivity contribution in [2.75, 3.05) is 5.32 Å². The molecule has 1 heterocycles. The number of ketones is 1. The van der Waals surface area contributed by atoms with E-state index in [0.29, 0.717) is 42.9 Å². The standard InChI is InChI=1S/C26H27N3O2/c1-17(2)19-9-11-20(12-10-19)21-14-23-22(24(30)15-21)16-27-26(28-23)29-25(31)13-8-18-6-4-3-5-7-18/h3-7,9-12,16-17,21H,8,13-15H2,1-2H3,(H,27,28,29,31). The summed E-state index contributed by atoms with van der Waals surface area (Å²) in [5.41, 5.74) is 4.82. The number of amides is 1. The first-order valence-electron chi connectivity index (χ1n) is 10.8. The normalized spacial score (nSPS) is 15.6. The molecule has 5 nitrogen and oxygen atoms in total. The number of anilines is 1. The number of fused-ring (bicyclic) bond motifs is 1. The summed E-state index contributed by atoms with van der Waals surface area (Å²) in [6.07, 6.45) is 3.69. The van der Waals surface area contributed by atoms with Crippen molar-refractivity contribution in [1.29, 1.82) is 0 Å². The van der Waals surface area contributed by atoms with Crippen LogP contribution in [0.1, 0.15) is 71.3 Å². The highest BCUT2D eigenvalue weighted by atomic mass is 16.1. The third-order valence-corrected chi connectivity index (χ3v) is 5.85. The number of aromatic nitrogens is 2. The van der Waals surface area contributed by atoms with E-state index in [2.05, 4.69) is 53.4 Å². The fraction of sp³-hybridized carbons (Fsp3) is 0.308. The number of Topliss-reactive ketones (excluding diaryl/α,β-unsaturated/α-hetero) is 1. The molecule has 5 heteroatoms. The number of aryl methyl sites for hydroxylation is 1. The molecule has 3 aromatic rings. The van der Waals surface area contributed by atoms with Crippen LogP contribution in [-0.2, 0) is 17.6 Å². The number of carbonyl (C=O) groups excluding carboxylic acids is 2. The Labute approximate surface area is 183 Å². The van der Waals surface area contributed by atoms with Crippen LogP contribution in [0.5, 0.6) is 0 Å². The summed E-state index contributed by atoms with van der Waals surface area (Å²) in [4.78, 5) is 33.7. The first-order valence-corrected chi connectivity index (χ1v) is 10.8. The number of carbonyl (C=O) groups is 2. The average Bonchev–Trinajstić information content (AvgIpc) is 2.78.